The van der Waals surface area contributed by atoms with Crippen LogP contribution in [0.25, 0.3) is 11.1 Å². The molecule has 0 radical (unpaired) electrons. The van der Waals surface area contributed by atoms with Crippen molar-refractivity contribution >= 4 is 45.9 Å². The maximum absolute atomic E-state index is 13.1. The Morgan fingerprint density at radius 3 is 2.79 bits per heavy atom. The molecular formula is C21H23N5O5S2. The molecule has 0 spiro atoms. The van der Waals surface area contributed by atoms with Gasteiger partial charge in [-0.15, -0.1) is 21.5 Å². The highest BCUT2D eigenvalue weighted by atomic mass is 32.2. The van der Waals surface area contributed by atoms with Crippen molar-refractivity contribution in [2.45, 2.75) is 25.0 Å². The van der Waals surface area contributed by atoms with Gasteiger partial charge >= 0.3 is 5.97 Å². The maximum atomic E-state index is 13.1. The lowest BCUT2D eigenvalue weighted by Crippen LogP contribution is -2.25. The van der Waals surface area contributed by atoms with Crippen molar-refractivity contribution in [1.82, 2.24) is 14.8 Å². The summed E-state index contributed by atoms with van der Waals surface area (Å²) < 4.78 is 17.8. The van der Waals surface area contributed by atoms with Crippen LogP contribution in [0.5, 0.6) is 11.5 Å². The largest absolute Gasteiger partial charge is 0.486 e. The Morgan fingerprint density at radius 2 is 2.06 bits per heavy atom. The third-order valence-electron chi connectivity index (χ3n) is 5.00. The Morgan fingerprint density at radius 1 is 1.30 bits per heavy atom. The number of benzene rings is 1. The number of fused-ring (bicyclic) bond motifs is 1. The monoisotopic (exact) mass is 489 g/mol. The summed E-state index contributed by atoms with van der Waals surface area (Å²) in [5.74, 6) is 1.22. The number of nitrogen functional groups attached to an aromatic ring is 1. The highest BCUT2D eigenvalue weighted by Crippen LogP contribution is 2.40. The molecule has 0 aliphatic carbocycles. The number of aromatic nitrogens is 3. The predicted octanol–water partition coefficient (Wildman–Crippen LogP) is 3.46. The Labute approximate surface area is 198 Å². The molecule has 4 rings (SSSR count). The molecule has 0 fully saturated rings. The van der Waals surface area contributed by atoms with E-state index < -0.39 is 12.0 Å². The summed E-state index contributed by atoms with van der Waals surface area (Å²) in [5, 5.41) is 13.5. The Bertz CT molecular complexity index is 1190. The minimum Gasteiger partial charge on any atom is -0.486 e. The maximum Gasteiger partial charge on any atom is 0.341 e. The summed E-state index contributed by atoms with van der Waals surface area (Å²) in [4.78, 5) is 25.8. The fourth-order valence-electron chi connectivity index (χ4n) is 3.39. The zero-order chi connectivity index (χ0) is 23.5. The van der Waals surface area contributed by atoms with Crippen LogP contribution in [0.1, 0.15) is 30.2 Å². The Hall–Kier alpha value is -3.25. The molecule has 3 aromatic rings. The number of thiophene rings is 1. The van der Waals surface area contributed by atoms with Crippen molar-refractivity contribution < 1.29 is 23.8 Å². The van der Waals surface area contributed by atoms with Gasteiger partial charge in [-0.05, 0) is 30.4 Å². The number of nitrogens with one attached hydrogen (secondary N) is 1. The van der Waals surface area contributed by atoms with E-state index in [1.165, 1.54) is 30.2 Å². The van der Waals surface area contributed by atoms with Crippen LogP contribution >= 0.6 is 23.1 Å². The number of nitrogens with zero attached hydrogens (tertiary/aromatic N) is 3. The minimum atomic E-state index is -0.695. The molecule has 1 aliphatic heterocycles. The van der Waals surface area contributed by atoms with Gasteiger partial charge in [-0.1, -0.05) is 24.8 Å². The van der Waals surface area contributed by atoms with Crippen molar-refractivity contribution in [1.29, 1.82) is 0 Å². The van der Waals surface area contributed by atoms with Crippen LogP contribution in [-0.2, 0) is 9.53 Å². The SMILES string of the molecule is CCSc1nnc(N)n1C(C)C(=O)Nc1scc(-c2ccc3c(c2)OCCO3)c1C(=O)OC. The number of methoxy groups -OCH3 is 1. The molecule has 33 heavy (non-hydrogen) atoms. The first kappa shape index (κ1) is 22.9. The molecule has 1 amide bonds. The topological polar surface area (TPSA) is 131 Å². The lowest BCUT2D eigenvalue weighted by molar-refractivity contribution is -0.118. The normalized spacial score (nSPS) is 13.4. The second kappa shape index (κ2) is 9.71. The third kappa shape index (κ3) is 4.48. The number of hydrogen-bond acceptors (Lipinski definition) is 10. The van der Waals surface area contributed by atoms with Gasteiger partial charge in [0.25, 0.3) is 0 Å². The first-order chi connectivity index (χ1) is 15.9. The van der Waals surface area contributed by atoms with Gasteiger partial charge in [0.15, 0.2) is 16.7 Å². The fourth-order valence-corrected chi connectivity index (χ4v) is 5.10. The summed E-state index contributed by atoms with van der Waals surface area (Å²) in [6.45, 7) is 4.61. The number of ether oxygens (including phenoxy) is 3. The van der Waals surface area contributed by atoms with Crippen LogP contribution < -0.4 is 20.5 Å². The van der Waals surface area contributed by atoms with Gasteiger partial charge in [0.1, 0.15) is 29.8 Å². The molecule has 0 saturated carbocycles. The average molecular weight is 490 g/mol. The number of carbonyl (C=O) groups excluding carboxylic acids is 2. The van der Waals surface area contributed by atoms with Gasteiger partial charge in [-0.3, -0.25) is 9.36 Å². The molecule has 2 aromatic heterocycles. The summed E-state index contributed by atoms with van der Waals surface area (Å²) in [6.07, 6.45) is 0. The van der Waals surface area contributed by atoms with Gasteiger partial charge < -0.3 is 25.3 Å². The molecule has 1 aliphatic rings. The van der Waals surface area contributed by atoms with Crippen molar-refractivity contribution in [2.75, 3.05) is 37.1 Å². The zero-order valence-corrected chi connectivity index (χ0v) is 19.9. The van der Waals surface area contributed by atoms with E-state index >= 15 is 0 Å². The number of amides is 1. The average Bonchev–Trinajstić information content (AvgIpc) is 3.41. The van der Waals surface area contributed by atoms with E-state index in [-0.39, 0.29) is 17.4 Å². The number of rotatable bonds is 7. The van der Waals surface area contributed by atoms with Crippen molar-refractivity contribution in [3.05, 3.63) is 29.1 Å². The van der Waals surface area contributed by atoms with Gasteiger partial charge in [-0.25, -0.2) is 4.79 Å². The summed E-state index contributed by atoms with van der Waals surface area (Å²) in [5.41, 5.74) is 7.57. The smallest absolute Gasteiger partial charge is 0.341 e. The van der Waals surface area contributed by atoms with Gasteiger partial charge in [0.05, 0.1) is 7.11 Å². The summed E-state index contributed by atoms with van der Waals surface area (Å²) in [6, 6.07) is 4.75. The highest BCUT2D eigenvalue weighted by Gasteiger charge is 2.27. The number of hydrogen-bond donors (Lipinski definition) is 2. The number of nitrogens with two attached hydrogens (primary N) is 1. The van der Waals surface area contributed by atoms with Gasteiger partial charge in [-0.2, -0.15) is 0 Å². The predicted molar refractivity (Wildman–Crippen MR) is 126 cm³/mol. The lowest BCUT2D eigenvalue weighted by Gasteiger charge is -2.19. The third-order valence-corrected chi connectivity index (χ3v) is 6.72. The van der Waals surface area contributed by atoms with Crippen molar-refractivity contribution in [3.63, 3.8) is 0 Å². The second-order valence-electron chi connectivity index (χ2n) is 7.01. The standard InChI is InChI=1S/C21H23N5O5S2/c1-4-32-21-25-24-20(22)26(21)11(2)17(27)23-18-16(19(28)29-3)13(10-33-18)12-5-6-14-15(9-12)31-8-7-30-14/h5-6,9-11H,4,7-8H2,1-3H3,(H2,22,24)(H,23,27). The van der Waals surface area contributed by atoms with E-state index in [2.05, 4.69) is 15.5 Å². The molecule has 3 heterocycles. The molecule has 10 nitrogen and oxygen atoms in total. The Balaban J connectivity index is 1.65. The van der Waals surface area contributed by atoms with Crippen LogP contribution in [-0.4, -0.2) is 52.7 Å². The van der Waals surface area contributed by atoms with E-state index in [9.17, 15) is 9.59 Å². The van der Waals surface area contributed by atoms with E-state index in [1.54, 1.807) is 22.9 Å². The zero-order valence-electron chi connectivity index (χ0n) is 18.3. The summed E-state index contributed by atoms with van der Waals surface area (Å²) >= 11 is 2.67. The quantitative estimate of drug-likeness (QED) is 0.378. The number of anilines is 2. The number of esters is 1. The molecule has 0 bridgehead atoms. The van der Waals surface area contributed by atoms with Crippen LogP contribution in [0.15, 0.2) is 28.7 Å². The summed E-state index contributed by atoms with van der Waals surface area (Å²) in [7, 11) is 1.30. The first-order valence-corrected chi connectivity index (χ1v) is 12.0. The Kier molecular flexibility index (Phi) is 6.75. The van der Waals surface area contributed by atoms with E-state index in [1.807, 2.05) is 19.1 Å². The van der Waals surface area contributed by atoms with E-state index in [0.717, 1.165) is 11.3 Å². The molecule has 0 saturated heterocycles. The van der Waals surface area contributed by atoms with Gasteiger partial charge in [0, 0.05) is 10.9 Å². The van der Waals surface area contributed by atoms with E-state index in [4.69, 9.17) is 19.9 Å². The number of carbonyl (C=O) groups is 2. The molecule has 3 N–H and O–H groups in total. The molecular weight excluding hydrogens is 466 g/mol. The number of thioether (sulfide) groups is 1. The highest BCUT2D eigenvalue weighted by molar-refractivity contribution is 7.99. The van der Waals surface area contributed by atoms with E-state index in [0.29, 0.717) is 40.4 Å². The van der Waals surface area contributed by atoms with Crippen molar-refractivity contribution in [3.8, 4) is 22.6 Å². The first-order valence-electron chi connectivity index (χ1n) is 10.2. The molecule has 1 aromatic carbocycles. The lowest BCUT2D eigenvalue weighted by atomic mass is 10.0. The van der Waals surface area contributed by atoms with Crippen LogP contribution in [0.2, 0.25) is 0 Å². The van der Waals surface area contributed by atoms with Crippen LogP contribution in [0, 0.1) is 0 Å². The molecule has 1 atom stereocenters. The molecule has 174 valence electrons. The van der Waals surface area contributed by atoms with Crippen LogP contribution in [0.3, 0.4) is 0 Å². The van der Waals surface area contributed by atoms with Gasteiger partial charge in [0.2, 0.25) is 11.9 Å². The fraction of sp³-hybridized carbons (Fsp3) is 0.333. The second-order valence-corrected chi connectivity index (χ2v) is 9.12. The molecule has 1 unspecified atom stereocenters. The van der Waals surface area contributed by atoms with Crippen LogP contribution in [0.4, 0.5) is 10.9 Å². The van der Waals surface area contributed by atoms with Crippen molar-refractivity contribution in [2.24, 2.45) is 0 Å². The molecule has 12 heteroatoms. The minimum absolute atomic E-state index is 0.143.